The first-order valence-electron chi connectivity index (χ1n) is 10.9. The summed E-state index contributed by atoms with van der Waals surface area (Å²) in [5.41, 5.74) is 1.82. The highest BCUT2D eigenvalue weighted by molar-refractivity contribution is 8.27. The van der Waals surface area contributed by atoms with Crippen molar-refractivity contribution in [3.63, 3.8) is 0 Å². The van der Waals surface area contributed by atoms with Crippen LogP contribution < -0.4 is 0 Å². The Kier molecular flexibility index (Phi) is 9.02. The summed E-state index contributed by atoms with van der Waals surface area (Å²) in [4.78, 5) is 43.5. The highest BCUT2D eigenvalue weighted by atomic mass is 32.2. The maximum Gasteiger partial charge on any atom is 0.278 e. The van der Waals surface area contributed by atoms with Crippen LogP contribution in [0, 0.1) is 0 Å². The van der Waals surface area contributed by atoms with E-state index in [0.29, 0.717) is 18.5 Å². The van der Waals surface area contributed by atoms with Crippen LogP contribution in [0.3, 0.4) is 0 Å². The van der Waals surface area contributed by atoms with Crippen LogP contribution in [-0.4, -0.2) is 66.6 Å². The molecule has 3 amide bonds. The molecule has 0 spiro atoms. The molecule has 2 aromatic carbocycles. The molecule has 184 valence electrons. The second-order valence-electron chi connectivity index (χ2n) is 7.76. The van der Waals surface area contributed by atoms with Gasteiger partial charge in [0.2, 0.25) is 0 Å². The maximum atomic E-state index is 12.9. The lowest BCUT2D eigenvalue weighted by molar-refractivity contribution is -0.122. The second kappa shape index (κ2) is 12.2. The molecule has 2 aliphatic heterocycles. The number of carbonyl (C=O) groups is 3. The van der Waals surface area contributed by atoms with E-state index in [4.69, 9.17) is 24.4 Å². The summed E-state index contributed by atoms with van der Waals surface area (Å²) in [6, 6.07) is 19.1. The molecule has 2 aromatic rings. The average molecular weight is 572 g/mol. The lowest BCUT2D eigenvalue weighted by atomic mass is 10.2. The molecule has 4 rings (SSSR count). The summed E-state index contributed by atoms with van der Waals surface area (Å²) in [6.07, 6.45) is 3.61. The van der Waals surface area contributed by atoms with Crippen LogP contribution in [-0.2, 0) is 9.59 Å². The van der Waals surface area contributed by atoms with Crippen LogP contribution >= 0.6 is 60.6 Å². The highest BCUT2D eigenvalue weighted by Crippen LogP contribution is 2.33. The zero-order valence-electron chi connectivity index (χ0n) is 18.9. The Morgan fingerprint density at radius 2 is 1.17 bits per heavy atom. The van der Waals surface area contributed by atoms with Gasteiger partial charge in [0.05, 0.1) is 9.81 Å². The lowest BCUT2D eigenvalue weighted by Gasteiger charge is -2.25. The highest BCUT2D eigenvalue weighted by Gasteiger charge is 2.34. The standard InChI is InChI=1S/C25H21N3O3S5/c29-21-19(15-17-7-3-1-4-8-17)35-24(33)27(21)13-11-26(23(31)32)12-14-28-22(30)20(36-25(28)34)16-18-9-5-2-6-10-18/h1-10,15-16H,11-14H2,(H,31,32)/b19-15-,20-16-. The van der Waals surface area contributed by atoms with Crippen molar-refractivity contribution < 1.29 is 14.4 Å². The van der Waals surface area contributed by atoms with Crippen LogP contribution in [0.15, 0.2) is 70.5 Å². The SMILES string of the molecule is O=C(S)N(CCN1C(=O)/C(=C/c2ccccc2)SC1=S)CCN1C(=O)/C(=C/c2ccccc2)SC1=S. The molecule has 0 unspecified atom stereocenters. The quantitative estimate of drug-likeness (QED) is 0.267. The number of benzene rings is 2. The van der Waals surface area contributed by atoms with E-state index in [-0.39, 0.29) is 38.0 Å². The minimum absolute atomic E-state index is 0.191. The predicted molar refractivity (Wildman–Crippen MR) is 159 cm³/mol. The van der Waals surface area contributed by atoms with E-state index < -0.39 is 5.24 Å². The summed E-state index contributed by atoms with van der Waals surface area (Å²) >= 11 is 17.3. The van der Waals surface area contributed by atoms with Crippen molar-refractivity contribution in [3.8, 4) is 0 Å². The van der Waals surface area contributed by atoms with Gasteiger partial charge in [-0.05, 0) is 23.3 Å². The van der Waals surface area contributed by atoms with E-state index in [1.807, 2.05) is 60.7 Å². The summed E-state index contributed by atoms with van der Waals surface area (Å²) < 4.78 is 0.883. The van der Waals surface area contributed by atoms with Crippen LogP contribution in [0.2, 0.25) is 0 Å². The van der Waals surface area contributed by atoms with Crippen molar-refractivity contribution in [1.82, 2.24) is 14.7 Å². The minimum atomic E-state index is -0.453. The first-order chi connectivity index (χ1) is 17.3. The van der Waals surface area contributed by atoms with Crippen molar-refractivity contribution in [2.75, 3.05) is 26.2 Å². The van der Waals surface area contributed by atoms with Gasteiger partial charge in [0.1, 0.15) is 8.64 Å². The first-order valence-corrected chi connectivity index (χ1v) is 13.8. The van der Waals surface area contributed by atoms with Gasteiger partial charge in [0, 0.05) is 26.2 Å². The number of nitrogens with zero attached hydrogens (tertiary/aromatic N) is 3. The number of rotatable bonds is 8. The summed E-state index contributed by atoms with van der Waals surface area (Å²) in [7, 11) is 0. The third kappa shape index (κ3) is 6.46. The van der Waals surface area contributed by atoms with Gasteiger partial charge in [-0.2, -0.15) is 0 Å². The number of thioether (sulfide) groups is 2. The molecule has 0 N–H and O–H groups in total. The fraction of sp³-hybridized carbons (Fsp3) is 0.160. The van der Waals surface area contributed by atoms with Gasteiger partial charge in [0.15, 0.2) is 0 Å². The molecular formula is C25H21N3O3S5. The third-order valence-corrected chi connectivity index (χ3v) is 8.44. The molecule has 2 fully saturated rings. The van der Waals surface area contributed by atoms with Gasteiger partial charge in [-0.25, -0.2) is 0 Å². The van der Waals surface area contributed by atoms with E-state index in [2.05, 4.69) is 12.6 Å². The molecule has 36 heavy (non-hydrogen) atoms. The van der Waals surface area contributed by atoms with Crippen LogP contribution in [0.25, 0.3) is 12.2 Å². The zero-order chi connectivity index (χ0) is 25.7. The van der Waals surface area contributed by atoms with Crippen molar-refractivity contribution in [2.24, 2.45) is 0 Å². The van der Waals surface area contributed by atoms with Gasteiger partial charge < -0.3 is 4.90 Å². The number of carbonyl (C=O) groups excluding carboxylic acids is 3. The van der Waals surface area contributed by atoms with E-state index >= 15 is 0 Å². The van der Waals surface area contributed by atoms with Crippen LogP contribution in [0.4, 0.5) is 4.79 Å². The minimum Gasteiger partial charge on any atom is -0.330 e. The van der Waals surface area contributed by atoms with Crippen molar-refractivity contribution in [2.45, 2.75) is 0 Å². The third-order valence-electron chi connectivity index (χ3n) is 5.40. The average Bonchev–Trinajstić information content (AvgIpc) is 3.28. The molecule has 0 radical (unpaired) electrons. The van der Waals surface area contributed by atoms with Gasteiger partial charge >= 0.3 is 0 Å². The predicted octanol–water partition coefficient (Wildman–Crippen LogP) is 5.14. The molecule has 2 heterocycles. The fourth-order valence-corrected chi connectivity index (χ4v) is 6.35. The van der Waals surface area contributed by atoms with Crippen molar-refractivity contribution >= 4 is 98.4 Å². The Labute approximate surface area is 234 Å². The number of thiocarbonyl (C=S) groups is 2. The molecule has 0 aliphatic carbocycles. The van der Waals surface area contributed by atoms with Gasteiger partial charge in [0.25, 0.3) is 17.1 Å². The monoisotopic (exact) mass is 571 g/mol. The van der Waals surface area contributed by atoms with E-state index in [1.54, 1.807) is 12.2 Å². The van der Waals surface area contributed by atoms with Gasteiger partial charge in [-0.15, -0.1) is 0 Å². The van der Waals surface area contributed by atoms with Crippen LogP contribution in [0.5, 0.6) is 0 Å². The summed E-state index contributed by atoms with van der Waals surface area (Å²) in [5.74, 6) is -0.383. The van der Waals surface area contributed by atoms with Crippen molar-refractivity contribution in [1.29, 1.82) is 0 Å². The smallest absolute Gasteiger partial charge is 0.278 e. The topological polar surface area (TPSA) is 60.9 Å². The fourth-order valence-electron chi connectivity index (χ4n) is 3.53. The molecule has 0 saturated carbocycles. The van der Waals surface area contributed by atoms with Gasteiger partial charge in [-0.1, -0.05) is 121 Å². The lowest BCUT2D eigenvalue weighted by Crippen LogP contribution is -2.42. The van der Waals surface area contributed by atoms with E-state index in [0.717, 1.165) is 11.1 Å². The Morgan fingerprint density at radius 1 is 0.778 bits per heavy atom. The largest absolute Gasteiger partial charge is 0.330 e. The van der Waals surface area contributed by atoms with Gasteiger partial charge in [-0.3, -0.25) is 24.2 Å². The molecule has 11 heteroatoms. The van der Waals surface area contributed by atoms with E-state index in [1.165, 1.54) is 38.2 Å². The second-order valence-corrected chi connectivity index (χ2v) is 11.5. The van der Waals surface area contributed by atoms with E-state index in [9.17, 15) is 14.4 Å². The Bertz CT molecular complexity index is 1170. The Morgan fingerprint density at radius 3 is 1.53 bits per heavy atom. The molecule has 6 nitrogen and oxygen atoms in total. The number of thiol groups is 1. The molecule has 2 aliphatic rings. The molecular weight excluding hydrogens is 551 g/mol. The number of hydrogen-bond donors (Lipinski definition) is 1. The molecule has 2 saturated heterocycles. The van der Waals surface area contributed by atoms with Crippen molar-refractivity contribution in [3.05, 3.63) is 81.6 Å². The molecule has 0 bridgehead atoms. The number of amides is 3. The first kappa shape index (κ1) is 26.6. The Balaban J connectivity index is 1.35. The Hall–Kier alpha value is -2.44. The summed E-state index contributed by atoms with van der Waals surface area (Å²) in [6.45, 7) is 0.912. The normalized spacial score (nSPS) is 18.1. The molecule has 0 aromatic heterocycles. The van der Waals surface area contributed by atoms with Crippen LogP contribution in [0.1, 0.15) is 11.1 Å². The molecule has 0 atom stereocenters. The summed E-state index contributed by atoms with van der Waals surface area (Å²) in [5, 5.41) is -0.453. The maximum absolute atomic E-state index is 12.9. The zero-order valence-corrected chi connectivity index (χ0v) is 23.1. The number of hydrogen-bond acceptors (Lipinski definition) is 7.